The Kier molecular flexibility index (Phi) is 51.5. The fourth-order valence-corrected chi connectivity index (χ4v) is 7.06. The van der Waals surface area contributed by atoms with Crippen molar-refractivity contribution in [3.05, 3.63) is 109 Å². The number of hydrogen-bond acceptors (Lipinski definition) is 6. The lowest BCUT2D eigenvalue weighted by atomic mass is 10.1. The highest BCUT2D eigenvalue weighted by Crippen LogP contribution is 2.12. The summed E-state index contributed by atoms with van der Waals surface area (Å²) < 4.78 is 16.7. The number of carbonyl (C=O) groups is 3. The van der Waals surface area contributed by atoms with Crippen LogP contribution in [-0.2, 0) is 28.6 Å². The molecule has 0 heterocycles. The Hall–Kier alpha value is -3.93. The van der Waals surface area contributed by atoms with Gasteiger partial charge in [0.05, 0.1) is 0 Å². The molecule has 0 fully saturated rings. The molecule has 0 saturated heterocycles. The molecule has 0 spiro atoms. The van der Waals surface area contributed by atoms with Crippen LogP contribution in [0, 0.1) is 0 Å². The van der Waals surface area contributed by atoms with Crippen molar-refractivity contribution in [1.82, 2.24) is 0 Å². The van der Waals surface area contributed by atoms with Gasteiger partial charge in [0.15, 0.2) is 6.10 Å². The maximum atomic E-state index is 12.8. The third-order valence-corrected chi connectivity index (χ3v) is 11.2. The second-order valence-electron chi connectivity index (χ2n) is 17.8. The molecule has 0 aromatic heterocycles. The second-order valence-corrected chi connectivity index (χ2v) is 17.8. The summed E-state index contributed by atoms with van der Waals surface area (Å²) in [6.45, 7) is 6.48. The monoisotopic (exact) mass is 929 g/mol. The topological polar surface area (TPSA) is 78.9 Å². The van der Waals surface area contributed by atoms with E-state index in [1.54, 1.807) is 0 Å². The Morgan fingerprint density at radius 1 is 0.299 bits per heavy atom. The van der Waals surface area contributed by atoms with Gasteiger partial charge in [0.2, 0.25) is 0 Å². The molecule has 0 aliphatic rings. The number of rotatable bonds is 48. The van der Waals surface area contributed by atoms with Gasteiger partial charge in [0, 0.05) is 19.3 Å². The molecule has 0 saturated carbocycles. The van der Waals surface area contributed by atoms with Crippen molar-refractivity contribution in [2.45, 2.75) is 245 Å². The van der Waals surface area contributed by atoms with Gasteiger partial charge in [-0.25, -0.2) is 0 Å². The van der Waals surface area contributed by atoms with Crippen LogP contribution in [0.1, 0.15) is 239 Å². The van der Waals surface area contributed by atoms with Crippen LogP contribution in [-0.4, -0.2) is 37.2 Å². The summed E-state index contributed by atoms with van der Waals surface area (Å²) in [7, 11) is 0. The molecule has 0 N–H and O–H groups in total. The Balaban J connectivity index is 4.56. The maximum absolute atomic E-state index is 12.8. The molecule has 380 valence electrons. The van der Waals surface area contributed by atoms with Crippen molar-refractivity contribution >= 4 is 17.9 Å². The molecule has 67 heavy (non-hydrogen) atoms. The third kappa shape index (κ3) is 52.9. The zero-order chi connectivity index (χ0) is 48.6. The van der Waals surface area contributed by atoms with E-state index in [-0.39, 0.29) is 44.0 Å². The predicted molar refractivity (Wildman–Crippen MR) is 288 cm³/mol. The number of esters is 3. The molecular weight excluding hydrogens is 829 g/mol. The summed E-state index contributed by atoms with van der Waals surface area (Å²) in [5.41, 5.74) is 0. The summed E-state index contributed by atoms with van der Waals surface area (Å²) in [6, 6.07) is 0. The van der Waals surface area contributed by atoms with Gasteiger partial charge in [-0.05, 0) is 128 Å². The molecule has 0 radical (unpaired) electrons. The van der Waals surface area contributed by atoms with E-state index in [0.29, 0.717) is 19.3 Å². The first-order valence-corrected chi connectivity index (χ1v) is 27.4. The fourth-order valence-electron chi connectivity index (χ4n) is 7.06. The molecule has 0 aromatic carbocycles. The highest BCUT2D eigenvalue weighted by atomic mass is 16.6. The van der Waals surface area contributed by atoms with Crippen LogP contribution in [0.3, 0.4) is 0 Å². The lowest BCUT2D eigenvalue weighted by molar-refractivity contribution is -0.167. The predicted octanol–water partition coefficient (Wildman–Crippen LogP) is 18.3. The number of ether oxygens (including phenoxy) is 3. The largest absolute Gasteiger partial charge is 0.462 e. The number of hydrogen-bond donors (Lipinski definition) is 0. The van der Waals surface area contributed by atoms with Crippen LogP contribution >= 0.6 is 0 Å². The average Bonchev–Trinajstić information content (AvgIpc) is 3.33. The quantitative estimate of drug-likeness (QED) is 0.0262. The van der Waals surface area contributed by atoms with Crippen LogP contribution < -0.4 is 0 Å². The van der Waals surface area contributed by atoms with Gasteiger partial charge in [-0.2, -0.15) is 0 Å². The van der Waals surface area contributed by atoms with E-state index < -0.39 is 6.10 Å². The summed E-state index contributed by atoms with van der Waals surface area (Å²) in [5, 5.41) is 0. The third-order valence-electron chi connectivity index (χ3n) is 11.2. The van der Waals surface area contributed by atoms with E-state index in [0.717, 1.165) is 96.3 Å². The first-order valence-electron chi connectivity index (χ1n) is 27.4. The van der Waals surface area contributed by atoms with E-state index in [4.69, 9.17) is 14.2 Å². The molecule has 0 amide bonds. The van der Waals surface area contributed by atoms with Crippen molar-refractivity contribution < 1.29 is 28.6 Å². The Morgan fingerprint density at radius 2 is 0.552 bits per heavy atom. The lowest BCUT2D eigenvalue weighted by Crippen LogP contribution is -2.30. The van der Waals surface area contributed by atoms with Gasteiger partial charge in [-0.15, -0.1) is 0 Å². The zero-order valence-corrected chi connectivity index (χ0v) is 43.4. The van der Waals surface area contributed by atoms with Crippen LogP contribution in [0.25, 0.3) is 0 Å². The Morgan fingerprint density at radius 3 is 0.955 bits per heavy atom. The summed E-state index contributed by atoms with van der Waals surface area (Å²) >= 11 is 0. The van der Waals surface area contributed by atoms with Crippen molar-refractivity contribution in [2.24, 2.45) is 0 Å². The van der Waals surface area contributed by atoms with Gasteiger partial charge >= 0.3 is 17.9 Å². The molecular formula is C61H100O6. The highest BCUT2D eigenvalue weighted by molar-refractivity contribution is 5.71. The van der Waals surface area contributed by atoms with Crippen LogP contribution in [0.4, 0.5) is 0 Å². The summed E-state index contributed by atoms with van der Waals surface area (Å²) in [5.74, 6) is -1.02. The summed E-state index contributed by atoms with van der Waals surface area (Å²) in [4.78, 5) is 38.0. The molecule has 0 aliphatic carbocycles. The average molecular weight is 929 g/mol. The van der Waals surface area contributed by atoms with Crippen molar-refractivity contribution in [3.8, 4) is 0 Å². The van der Waals surface area contributed by atoms with Crippen molar-refractivity contribution in [2.75, 3.05) is 13.2 Å². The minimum Gasteiger partial charge on any atom is -0.462 e. The molecule has 0 aliphatic heterocycles. The van der Waals surface area contributed by atoms with Gasteiger partial charge in [0.1, 0.15) is 13.2 Å². The molecule has 6 heteroatoms. The minimum absolute atomic E-state index is 0.114. The fraction of sp³-hybridized carbons (Fsp3) is 0.656. The minimum atomic E-state index is -0.822. The SMILES string of the molecule is CCCCC/C=C\C/C=C\C/C=C\C/C=C\CCCCCC(=O)O[C@H](COC(=O)CCC/C=C\C/C=C\C/C=C\C/C=C\CCCCC)COC(=O)CCCCCCC/C=C\CCCCCC. The standard InChI is InChI=1S/C61H100O6/c1-4-7-10-13-16-19-22-25-27-29-30-32-34-37-40-43-46-49-52-55-61(64)67-58(56-65-59(62)53-50-47-44-41-38-35-24-21-18-15-12-9-6-3)57-66-60(63)54-51-48-45-42-39-36-33-31-28-26-23-20-17-14-11-8-5-2/h16-17,19-21,24-28,30,32-33,36-37,40,42,45,58H,4-15,18,22-23,29,31,34-35,38-39,41,43-44,46-57H2,1-3H3/b19-16-,20-17-,24-21-,27-25-,28-26-,32-30-,36-33-,40-37-,45-42-/t58-/m0/s1. The molecule has 0 rings (SSSR count). The van der Waals surface area contributed by atoms with Gasteiger partial charge in [0.25, 0.3) is 0 Å². The molecule has 0 aromatic rings. The van der Waals surface area contributed by atoms with Crippen LogP contribution in [0.5, 0.6) is 0 Å². The Bertz CT molecular complexity index is 1390. The van der Waals surface area contributed by atoms with E-state index in [1.165, 1.54) is 89.9 Å². The first kappa shape index (κ1) is 63.1. The van der Waals surface area contributed by atoms with Gasteiger partial charge in [-0.1, -0.05) is 201 Å². The first-order chi connectivity index (χ1) is 33.0. The van der Waals surface area contributed by atoms with Crippen LogP contribution in [0.2, 0.25) is 0 Å². The lowest BCUT2D eigenvalue weighted by Gasteiger charge is -2.18. The van der Waals surface area contributed by atoms with E-state index in [1.807, 2.05) is 0 Å². The van der Waals surface area contributed by atoms with Crippen molar-refractivity contribution in [1.29, 1.82) is 0 Å². The number of carbonyl (C=O) groups excluding carboxylic acids is 3. The number of unbranched alkanes of at least 4 members (excludes halogenated alkanes) is 19. The summed E-state index contributed by atoms with van der Waals surface area (Å²) in [6.07, 6.45) is 73.6. The molecule has 6 nitrogen and oxygen atoms in total. The van der Waals surface area contributed by atoms with Crippen molar-refractivity contribution in [3.63, 3.8) is 0 Å². The maximum Gasteiger partial charge on any atom is 0.306 e. The molecule has 0 bridgehead atoms. The van der Waals surface area contributed by atoms with Gasteiger partial charge in [-0.3, -0.25) is 14.4 Å². The second kappa shape index (κ2) is 54.7. The van der Waals surface area contributed by atoms with Crippen LogP contribution in [0.15, 0.2) is 109 Å². The molecule has 0 unspecified atom stereocenters. The normalized spacial score (nSPS) is 12.9. The van der Waals surface area contributed by atoms with E-state index in [2.05, 4.69) is 130 Å². The highest BCUT2D eigenvalue weighted by Gasteiger charge is 2.19. The zero-order valence-electron chi connectivity index (χ0n) is 43.4. The Labute approximate surface area is 412 Å². The van der Waals surface area contributed by atoms with Gasteiger partial charge < -0.3 is 14.2 Å². The van der Waals surface area contributed by atoms with E-state index >= 15 is 0 Å². The smallest absolute Gasteiger partial charge is 0.306 e. The number of allylic oxidation sites excluding steroid dienone is 18. The van der Waals surface area contributed by atoms with E-state index in [9.17, 15) is 14.4 Å². The molecule has 1 atom stereocenters.